The van der Waals surface area contributed by atoms with Crippen molar-refractivity contribution in [1.82, 2.24) is 15.0 Å². The second-order valence-electron chi connectivity index (χ2n) is 6.43. The molecule has 2 aromatic rings. The van der Waals surface area contributed by atoms with Crippen molar-refractivity contribution in [2.24, 2.45) is 5.10 Å². The monoisotopic (exact) mass is 357 g/mol. The lowest BCUT2D eigenvalue weighted by molar-refractivity contribution is 0.838. The fourth-order valence-electron chi connectivity index (χ4n) is 3.19. The fourth-order valence-corrected chi connectivity index (χ4v) is 3.87. The first-order chi connectivity index (χ1) is 12.3. The second-order valence-corrected chi connectivity index (χ2v) is 7.38. The van der Waals surface area contributed by atoms with Crippen LogP contribution in [0.15, 0.2) is 22.6 Å². The van der Waals surface area contributed by atoms with Crippen LogP contribution in [-0.4, -0.2) is 46.8 Å². The van der Waals surface area contributed by atoms with Crippen molar-refractivity contribution in [3.8, 4) is 0 Å². The molecule has 0 aromatic carbocycles. The highest BCUT2D eigenvalue weighted by Gasteiger charge is 2.21. The van der Waals surface area contributed by atoms with Crippen molar-refractivity contribution < 1.29 is 0 Å². The molecule has 132 valence electrons. The molecule has 0 aliphatic carbocycles. The predicted octanol–water partition coefficient (Wildman–Crippen LogP) is 2.97. The summed E-state index contributed by atoms with van der Waals surface area (Å²) in [6.45, 7) is 6.05. The molecule has 4 heterocycles. The molecule has 25 heavy (non-hydrogen) atoms. The van der Waals surface area contributed by atoms with Gasteiger partial charge in [-0.15, -0.1) is 11.3 Å². The summed E-state index contributed by atoms with van der Waals surface area (Å²) in [4.78, 5) is 19.5. The molecule has 0 unspecified atom stereocenters. The van der Waals surface area contributed by atoms with E-state index in [-0.39, 0.29) is 0 Å². The Labute approximate surface area is 151 Å². The number of nitrogens with zero attached hydrogens (tertiary/aromatic N) is 6. The fraction of sp³-hybridized carbons (Fsp3) is 0.529. The zero-order chi connectivity index (χ0) is 17.1. The molecule has 0 amide bonds. The number of aromatic nitrogens is 3. The maximum absolute atomic E-state index is 4.72. The largest absolute Gasteiger partial charge is 0.341 e. The molecule has 0 atom stereocenters. The van der Waals surface area contributed by atoms with Gasteiger partial charge in [0.1, 0.15) is 0 Å². The van der Waals surface area contributed by atoms with Crippen molar-refractivity contribution in [3.63, 3.8) is 0 Å². The Morgan fingerprint density at radius 3 is 2.12 bits per heavy atom. The lowest BCUT2D eigenvalue weighted by Gasteiger charge is -2.20. The lowest BCUT2D eigenvalue weighted by Crippen LogP contribution is -2.25. The van der Waals surface area contributed by atoms with E-state index in [4.69, 9.17) is 4.98 Å². The molecule has 0 bridgehead atoms. The van der Waals surface area contributed by atoms with Gasteiger partial charge in [-0.25, -0.2) is 5.43 Å². The molecule has 2 aromatic heterocycles. The molecule has 1 N–H and O–H groups in total. The summed E-state index contributed by atoms with van der Waals surface area (Å²) < 4.78 is 0. The van der Waals surface area contributed by atoms with Crippen LogP contribution in [-0.2, 0) is 0 Å². The number of rotatable bonds is 5. The SMILES string of the molecule is CC(=NNc1nc(N2CCCC2)nc(N2CCCC2)n1)c1cccs1. The van der Waals surface area contributed by atoms with E-state index in [9.17, 15) is 0 Å². The van der Waals surface area contributed by atoms with E-state index in [2.05, 4.69) is 36.4 Å². The van der Waals surface area contributed by atoms with Crippen LogP contribution in [0.5, 0.6) is 0 Å². The van der Waals surface area contributed by atoms with Crippen LogP contribution in [0.2, 0.25) is 0 Å². The van der Waals surface area contributed by atoms with Gasteiger partial charge in [-0.3, -0.25) is 0 Å². The first-order valence-electron chi connectivity index (χ1n) is 8.90. The van der Waals surface area contributed by atoms with E-state index in [0.29, 0.717) is 5.95 Å². The Hall–Kier alpha value is -2.22. The van der Waals surface area contributed by atoms with E-state index in [1.165, 1.54) is 25.7 Å². The van der Waals surface area contributed by atoms with E-state index in [0.717, 1.165) is 48.7 Å². The van der Waals surface area contributed by atoms with Crippen LogP contribution in [0.3, 0.4) is 0 Å². The van der Waals surface area contributed by atoms with Gasteiger partial charge < -0.3 is 9.80 Å². The molecule has 0 spiro atoms. The van der Waals surface area contributed by atoms with Gasteiger partial charge in [0, 0.05) is 31.1 Å². The van der Waals surface area contributed by atoms with E-state index in [1.54, 1.807) is 11.3 Å². The highest BCUT2D eigenvalue weighted by Crippen LogP contribution is 2.22. The number of anilines is 3. The van der Waals surface area contributed by atoms with Gasteiger partial charge in [0.2, 0.25) is 17.8 Å². The second kappa shape index (κ2) is 7.35. The summed E-state index contributed by atoms with van der Waals surface area (Å²) in [5.74, 6) is 2.05. The highest BCUT2D eigenvalue weighted by molar-refractivity contribution is 7.12. The quantitative estimate of drug-likeness (QED) is 0.655. The maximum Gasteiger partial charge on any atom is 0.250 e. The van der Waals surface area contributed by atoms with Gasteiger partial charge >= 0.3 is 0 Å². The number of thiophene rings is 1. The number of nitrogens with one attached hydrogen (secondary N) is 1. The molecule has 4 rings (SSSR count). The van der Waals surface area contributed by atoms with Gasteiger partial charge in [-0.05, 0) is 44.1 Å². The Morgan fingerprint density at radius 1 is 1.00 bits per heavy atom. The summed E-state index contributed by atoms with van der Waals surface area (Å²) >= 11 is 1.67. The van der Waals surface area contributed by atoms with Crippen LogP contribution >= 0.6 is 11.3 Å². The van der Waals surface area contributed by atoms with Crippen LogP contribution in [0, 0.1) is 0 Å². The maximum atomic E-state index is 4.72. The summed E-state index contributed by atoms with van der Waals surface area (Å²) in [6.07, 6.45) is 4.79. The summed E-state index contributed by atoms with van der Waals surface area (Å²) in [7, 11) is 0. The smallest absolute Gasteiger partial charge is 0.250 e. The summed E-state index contributed by atoms with van der Waals surface area (Å²) in [5, 5.41) is 6.51. The Balaban J connectivity index is 1.60. The third-order valence-electron chi connectivity index (χ3n) is 4.59. The van der Waals surface area contributed by atoms with Gasteiger partial charge in [0.05, 0.1) is 5.71 Å². The van der Waals surface area contributed by atoms with E-state index in [1.807, 2.05) is 18.4 Å². The molecule has 2 fully saturated rings. The van der Waals surface area contributed by atoms with Gasteiger partial charge in [0.25, 0.3) is 0 Å². The average molecular weight is 357 g/mol. The number of hydrazone groups is 1. The third-order valence-corrected chi connectivity index (χ3v) is 5.57. The van der Waals surface area contributed by atoms with Crippen molar-refractivity contribution in [2.75, 3.05) is 41.4 Å². The lowest BCUT2D eigenvalue weighted by atomic mass is 10.3. The molecule has 2 aliphatic rings. The van der Waals surface area contributed by atoms with Crippen molar-refractivity contribution >= 4 is 34.9 Å². The predicted molar refractivity (Wildman–Crippen MR) is 103 cm³/mol. The number of hydrogen-bond donors (Lipinski definition) is 1. The van der Waals surface area contributed by atoms with Gasteiger partial charge in [-0.2, -0.15) is 20.1 Å². The molecular weight excluding hydrogens is 334 g/mol. The van der Waals surface area contributed by atoms with Crippen LogP contribution < -0.4 is 15.2 Å². The standard InChI is InChI=1S/C17H23N7S/c1-13(14-7-6-12-25-14)21-22-15-18-16(23-8-2-3-9-23)20-17(19-15)24-10-4-5-11-24/h6-7,12H,2-5,8-11H2,1H3,(H,18,19,20,22). The first-order valence-corrected chi connectivity index (χ1v) is 9.78. The van der Waals surface area contributed by atoms with Crippen molar-refractivity contribution in [3.05, 3.63) is 22.4 Å². The molecule has 7 nitrogen and oxygen atoms in total. The summed E-state index contributed by atoms with van der Waals surface area (Å²) in [6, 6.07) is 4.09. The normalized spacial score (nSPS) is 18.2. The highest BCUT2D eigenvalue weighted by atomic mass is 32.1. The Morgan fingerprint density at radius 2 is 1.60 bits per heavy atom. The minimum absolute atomic E-state index is 0.523. The Kier molecular flexibility index (Phi) is 4.78. The van der Waals surface area contributed by atoms with Crippen LogP contribution in [0.25, 0.3) is 0 Å². The van der Waals surface area contributed by atoms with Gasteiger partial charge in [0.15, 0.2) is 0 Å². The molecule has 0 saturated carbocycles. The van der Waals surface area contributed by atoms with Gasteiger partial charge in [-0.1, -0.05) is 6.07 Å². The van der Waals surface area contributed by atoms with Crippen LogP contribution in [0.4, 0.5) is 17.8 Å². The summed E-state index contributed by atoms with van der Waals surface area (Å²) in [5.41, 5.74) is 3.97. The minimum atomic E-state index is 0.523. The zero-order valence-electron chi connectivity index (χ0n) is 14.5. The topological polar surface area (TPSA) is 69.5 Å². The first kappa shape index (κ1) is 16.3. The molecule has 8 heteroatoms. The van der Waals surface area contributed by atoms with E-state index < -0.39 is 0 Å². The van der Waals surface area contributed by atoms with Crippen molar-refractivity contribution in [1.29, 1.82) is 0 Å². The molecular formula is C17H23N7S. The Bertz CT molecular complexity index is 697. The van der Waals surface area contributed by atoms with Crippen molar-refractivity contribution in [2.45, 2.75) is 32.6 Å². The molecule has 2 aliphatic heterocycles. The molecule has 0 radical (unpaired) electrons. The third kappa shape index (κ3) is 3.73. The zero-order valence-corrected chi connectivity index (χ0v) is 15.3. The van der Waals surface area contributed by atoms with E-state index >= 15 is 0 Å². The average Bonchev–Trinajstić information content (AvgIpc) is 3.42. The van der Waals surface area contributed by atoms with Crippen LogP contribution in [0.1, 0.15) is 37.5 Å². The number of hydrogen-bond acceptors (Lipinski definition) is 8. The minimum Gasteiger partial charge on any atom is -0.341 e. The molecule has 2 saturated heterocycles.